The lowest BCUT2D eigenvalue weighted by Gasteiger charge is -2.25. The molecule has 1 N–H and O–H groups in total. The molecule has 0 atom stereocenters. The topological polar surface area (TPSA) is 97.7 Å². The molecule has 1 aliphatic rings. The first-order valence-electron chi connectivity index (χ1n) is 10.0. The number of hydrogen-bond acceptors (Lipinski definition) is 5. The van der Waals surface area contributed by atoms with E-state index in [2.05, 4.69) is 5.32 Å². The van der Waals surface area contributed by atoms with Crippen molar-refractivity contribution in [1.29, 1.82) is 0 Å². The molecule has 3 rings (SSSR count). The lowest BCUT2D eigenvalue weighted by atomic mass is 10.2. The Morgan fingerprint density at radius 1 is 1.13 bits per heavy atom. The van der Waals surface area contributed by atoms with Crippen molar-refractivity contribution in [2.45, 2.75) is 38.0 Å². The maximum absolute atomic E-state index is 13.1. The summed E-state index contributed by atoms with van der Waals surface area (Å²) in [5, 5.41) is 2.73. The molecule has 0 spiro atoms. The summed E-state index contributed by atoms with van der Waals surface area (Å²) in [6, 6.07) is 7.84. The van der Waals surface area contributed by atoms with Gasteiger partial charge in [0.1, 0.15) is 10.6 Å². The Morgan fingerprint density at radius 2 is 1.83 bits per heavy atom. The van der Waals surface area contributed by atoms with Crippen LogP contribution < -0.4 is 5.32 Å². The second-order valence-corrected chi connectivity index (χ2v) is 9.16. The zero-order valence-electron chi connectivity index (χ0n) is 17.5. The van der Waals surface area contributed by atoms with Crippen LogP contribution in [0.15, 0.2) is 35.2 Å². The van der Waals surface area contributed by atoms with Crippen LogP contribution in [0.3, 0.4) is 0 Å². The summed E-state index contributed by atoms with van der Waals surface area (Å²) in [5.41, 5.74) is 1.48. The van der Waals surface area contributed by atoms with E-state index < -0.39 is 21.9 Å². The number of esters is 1. The number of anilines is 1. The Labute approximate surface area is 176 Å². The minimum atomic E-state index is -3.65. The van der Waals surface area contributed by atoms with E-state index >= 15 is 0 Å². The molecule has 9 heteroatoms. The van der Waals surface area contributed by atoms with Crippen LogP contribution in [0.5, 0.6) is 0 Å². The van der Waals surface area contributed by atoms with Gasteiger partial charge in [0.15, 0.2) is 0 Å². The molecule has 0 saturated carbocycles. The number of carbonyl (C=O) groups excluding carboxylic acids is 2. The first-order valence-corrected chi connectivity index (χ1v) is 11.4. The third-order valence-electron chi connectivity index (χ3n) is 5.29. The van der Waals surface area contributed by atoms with Crippen molar-refractivity contribution in [3.8, 4) is 0 Å². The smallest absolute Gasteiger partial charge is 0.338 e. The number of rotatable bonds is 6. The standard InChI is InChI=1S/C21H27N3O5S/c1-4-29-21(26)16-9-8-10-17(13-16)22-20(25)18-14-19(15(2)23(18)3)30(27,28)24-11-6-5-7-12-24/h8-10,13-14H,4-7,11-12H2,1-3H3,(H,22,25). The molecule has 162 valence electrons. The van der Waals surface area contributed by atoms with Crippen molar-refractivity contribution in [2.75, 3.05) is 25.0 Å². The van der Waals surface area contributed by atoms with Gasteiger partial charge in [0, 0.05) is 31.5 Å². The lowest BCUT2D eigenvalue weighted by molar-refractivity contribution is 0.0526. The summed E-state index contributed by atoms with van der Waals surface area (Å²) in [4.78, 5) is 24.9. The van der Waals surface area contributed by atoms with Gasteiger partial charge in [0.05, 0.1) is 12.2 Å². The molecular weight excluding hydrogens is 406 g/mol. The highest BCUT2D eigenvalue weighted by Crippen LogP contribution is 2.26. The van der Waals surface area contributed by atoms with Gasteiger partial charge < -0.3 is 14.6 Å². The number of amides is 1. The molecule has 0 radical (unpaired) electrons. The number of aromatic nitrogens is 1. The molecule has 8 nitrogen and oxygen atoms in total. The Hall–Kier alpha value is -2.65. The average molecular weight is 434 g/mol. The van der Waals surface area contributed by atoms with Gasteiger partial charge >= 0.3 is 5.97 Å². The van der Waals surface area contributed by atoms with E-state index in [9.17, 15) is 18.0 Å². The molecule has 1 fully saturated rings. The van der Waals surface area contributed by atoms with Gasteiger partial charge in [0.25, 0.3) is 5.91 Å². The maximum atomic E-state index is 13.1. The summed E-state index contributed by atoms with van der Waals surface area (Å²) < 4.78 is 34.2. The predicted octanol–water partition coefficient (Wildman–Crippen LogP) is 2.94. The van der Waals surface area contributed by atoms with E-state index in [1.807, 2.05) is 0 Å². The summed E-state index contributed by atoms with van der Waals surface area (Å²) in [5.74, 6) is -0.931. The molecule has 0 unspecified atom stereocenters. The molecule has 30 heavy (non-hydrogen) atoms. The van der Waals surface area contributed by atoms with Crippen LogP contribution in [0, 0.1) is 6.92 Å². The van der Waals surface area contributed by atoms with Crippen molar-refractivity contribution in [3.05, 3.63) is 47.3 Å². The van der Waals surface area contributed by atoms with Gasteiger partial charge in [-0.25, -0.2) is 13.2 Å². The van der Waals surface area contributed by atoms with E-state index in [0.717, 1.165) is 19.3 Å². The fraction of sp³-hybridized carbons (Fsp3) is 0.429. The number of piperidine rings is 1. The molecule has 1 aliphatic heterocycles. The third-order valence-corrected chi connectivity index (χ3v) is 7.30. The molecule has 1 amide bonds. The van der Waals surface area contributed by atoms with E-state index in [1.165, 1.54) is 16.4 Å². The normalized spacial score (nSPS) is 15.0. The Kier molecular flexibility index (Phi) is 6.62. The van der Waals surface area contributed by atoms with Crippen LogP contribution in [0.25, 0.3) is 0 Å². The van der Waals surface area contributed by atoms with E-state index in [0.29, 0.717) is 30.0 Å². The monoisotopic (exact) mass is 433 g/mol. The Morgan fingerprint density at radius 3 is 2.50 bits per heavy atom. The van der Waals surface area contributed by atoms with Gasteiger partial charge in [0.2, 0.25) is 10.0 Å². The van der Waals surface area contributed by atoms with E-state index in [1.54, 1.807) is 43.7 Å². The van der Waals surface area contributed by atoms with Crippen molar-refractivity contribution in [2.24, 2.45) is 7.05 Å². The predicted molar refractivity (Wildman–Crippen MR) is 113 cm³/mol. The summed E-state index contributed by atoms with van der Waals surface area (Å²) >= 11 is 0. The molecular formula is C21H27N3O5S. The van der Waals surface area contributed by atoms with Crippen molar-refractivity contribution in [1.82, 2.24) is 8.87 Å². The first kappa shape index (κ1) is 22.0. The van der Waals surface area contributed by atoms with Crippen LogP contribution in [0.1, 0.15) is 52.7 Å². The van der Waals surface area contributed by atoms with Gasteiger partial charge in [-0.15, -0.1) is 0 Å². The molecule has 1 aromatic carbocycles. The van der Waals surface area contributed by atoms with Gasteiger partial charge in [-0.1, -0.05) is 12.5 Å². The zero-order valence-corrected chi connectivity index (χ0v) is 18.3. The largest absolute Gasteiger partial charge is 0.462 e. The number of ether oxygens (including phenoxy) is 1. The molecule has 0 aliphatic carbocycles. The minimum absolute atomic E-state index is 0.150. The first-order chi connectivity index (χ1) is 14.3. The maximum Gasteiger partial charge on any atom is 0.338 e. The van der Waals surface area contributed by atoms with Gasteiger partial charge in [-0.3, -0.25) is 4.79 Å². The third kappa shape index (κ3) is 4.41. The summed E-state index contributed by atoms with van der Waals surface area (Å²) in [6.07, 6.45) is 2.71. The number of benzene rings is 1. The number of sulfonamides is 1. The highest BCUT2D eigenvalue weighted by atomic mass is 32.2. The van der Waals surface area contributed by atoms with Crippen molar-refractivity contribution < 1.29 is 22.7 Å². The SMILES string of the molecule is CCOC(=O)c1cccc(NC(=O)c2cc(S(=O)(=O)N3CCCCC3)c(C)n2C)c1. The number of carbonyl (C=O) groups is 2. The van der Waals surface area contributed by atoms with Crippen LogP contribution >= 0.6 is 0 Å². The second kappa shape index (κ2) is 9.01. The Balaban J connectivity index is 1.85. The van der Waals surface area contributed by atoms with Crippen LogP contribution in [0.4, 0.5) is 5.69 Å². The minimum Gasteiger partial charge on any atom is -0.462 e. The molecule has 0 bridgehead atoms. The summed E-state index contributed by atoms with van der Waals surface area (Å²) in [6.45, 7) is 4.66. The number of hydrogen-bond donors (Lipinski definition) is 1. The molecule has 2 aromatic rings. The Bertz CT molecular complexity index is 1050. The summed E-state index contributed by atoms with van der Waals surface area (Å²) in [7, 11) is -1.99. The van der Waals surface area contributed by atoms with Crippen molar-refractivity contribution >= 4 is 27.6 Å². The number of nitrogens with one attached hydrogen (secondary N) is 1. The molecule has 2 heterocycles. The number of nitrogens with zero attached hydrogens (tertiary/aromatic N) is 2. The quantitative estimate of drug-likeness (QED) is 0.707. The molecule has 1 saturated heterocycles. The van der Waals surface area contributed by atoms with Gasteiger partial charge in [-0.2, -0.15) is 4.31 Å². The van der Waals surface area contributed by atoms with E-state index in [-0.39, 0.29) is 17.2 Å². The highest BCUT2D eigenvalue weighted by Gasteiger charge is 2.30. The highest BCUT2D eigenvalue weighted by molar-refractivity contribution is 7.89. The van der Waals surface area contributed by atoms with E-state index in [4.69, 9.17) is 4.74 Å². The molecule has 1 aromatic heterocycles. The van der Waals surface area contributed by atoms with Crippen LogP contribution in [-0.2, 0) is 21.8 Å². The fourth-order valence-electron chi connectivity index (χ4n) is 3.53. The van der Waals surface area contributed by atoms with Crippen LogP contribution in [0.2, 0.25) is 0 Å². The lowest BCUT2D eigenvalue weighted by Crippen LogP contribution is -2.35. The zero-order chi connectivity index (χ0) is 21.9. The van der Waals surface area contributed by atoms with Crippen LogP contribution in [-0.4, -0.2) is 48.9 Å². The second-order valence-electron chi connectivity index (χ2n) is 7.26. The fourth-order valence-corrected chi connectivity index (χ4v) is 5.32. The van der Waals surface area contributed by atoms with Gasteiger partial charge in [-0.05, 0) is 51.0 Å². The average Bonchev–Trinajstić information content (AvgIpc) is 3.04. The van der Waals surface area contributed by atoms with Crippen molar-refractivity contribution in [3.63, 3.8) is 0 Å².